The average Bonchev–Trinajstić information content (AvgIpc) is 3.33. The van der Waals surface area contributed by atoms with E-state index in [0.717, 1.165) is 32.9 Å². The molecule has 0 fully saturated rings. The maximum Gasteiger partial charge on any atom is 0.238 e. The Hall–Kier alpha value is -3.58. The Morgan fingerprint density at radius 1 is 0.931 bits per heavy atom. The minimum atomic E-state index is -0.729. The number of benzene rings is 2. The van der Waals surface area contributed by atoms with Crippen molar-refractivity contribution in [3.8, 4) is 0 Å². The van der Waals surface area contributed by atoms with Gasteiger partial charge < -0.3 is 26.3 Å². The van der Waals surface area contributed by atoms with Gasteiger partial charge in [0.05, 0.1) is 6.04 Å². The Morgan fingerprint density at radius 2 is 1.48 bits per heavy atom. The Bertz CT molecular complexity index is 1150. The van der Waals surface area contributed by atoms with Crippen molar-refractivity contribution in [2.75, 3.05) is 0 Å². The molecule has 2 heterocycles. The molecule has 0 saturated heterocycles. The van der Waals surface area contributed by atoms with Gasteiger partial charge in [0.2, 0.25) is 12.3 Å². The monoisotopic (exact) mass is 389 g/mol. The van der Waals surface area contributed by atoms with Crippen LogP contribution in [-0.2, 0) is 22.4 Å². The molecule has 2 aromatic carbocycles. The first-order valence-corrected chi connectivity index (χ1v) is 9.51. The molecule has 6 N–H and O–H groups in total. The van der Waals surface area contributed by atoms with Crippen LogP contribution in [0.25, 0.3) is 21.8 Å². The lowest BCUT2D eigenvalue weighted by Gasteiger charge is -2.20. The van der Waals surface area contributed by atoms with Gasteiger partial charge in [0, 0.05) is 40.6 Å². The Labute approximate surface area is 167 Å². The van der Waals surface area contributed by atoms with Gasteiger partial charge >= 0.3 is 0 Å². The van der Waals surface area contributed by atoms with Gasteiger partial charge in [-0.05, 0) is 29.7 Å². The average molecular weight is 389 g/mol. The smallest absolute Gasteiger partial charge is 0.238 e. The maximum atomic E-state index is 12.7. The second-order valence-electron chi connectivity index (χ2n) is 7.08. The summed E-state index contributed by atoms with van der Waals surface area (Å²) in [7, 11) is 0. The second kappa shape index (κ2) is 8.20. The Morgan fingerprint density at radius 3 is 2.07 bits per heavy atom. The number of rotatable bonds is 8. The summed E-state index contributed by atoms with van der Waals surface area (Å²) in [5.74, 6) is -0.311. The molecule has 2 aromatic heterocycles. The molecule has 0 radical (unpaired) electrons. The zero-order chi connectivity index (χ0) is 20.2. The zero-order valence-electron chi connectivity index (χ0n) is 15.8. The summed E-state index contributed by atoms with van der Waals surface area (Å²) < 4.78 is 0. The van der Waals surface area contributed by atoms with Gasteiger partial charge in [-0.3, -0.25) is 9.59 Å². The fraction of sp³-hybridized carbons (Fsp3) is 0.182. The highest BCUT2D eigenvalue weighted by molar-refractivity contribution is 5.86. The van der Waals surface area contributed by atoms with Crippen LogP contribution in [0.15, 0.2) is 60.9 Å². The van der Waals surface area contributed by atoms with E-state index in [1.54, 1.807) is 0 Å². The van der Waals surface area contributed by atoms with Crippen molar-refractivity contribution < 1.29 is 9.59 Å². The van der Waals surface area contributed by atoms with E-state index < -0.39 is 12.2 Å². The molecule has 2 amide bonds. The van der Waals surface area contributed by atoms with E-state index in [0.29, 0.717) is 19.3 Å². The zero-order valence-corrected chi connectivity index (χ0v) is 15.8. The maximum absolute atomic E-state index is 12.7. The number of carbonyl (C=O) groups is 2. The molecule has 0 saturated carbocycles. The largest absolute Gasteiger partial charge is 0.361 e. The van der Waals surface area contributed by atoms with Crippen molar-refractivity contribution in [1.29, 1.82) is 0 Å². The lowest BCUT2D eigenvalue weighted by molar-refractivity contribution is -0.123. The van der Waals surface area contributed by atoms with Gasteiger partial charge in [0.1, 0.15) is 6.17 Å². The number of H-pyrrole nitrogens is 2. The summed E-state index contributed by atoms with van der Waals surface area (Å²) in [6.07, 6.45) is 4.66. The minimum absolute atomic E-state index is 0.311. The number of carbonyl (C=O) groups excluding carboxylic acids is 2. The van der Waals surface area contributed by atoms with Gasteiger partial charge in [0.25, 0.3) is 0 Å². The number of fused-ring (bicyclic) bond motifs is 2. The van der Waals surface area contributed by atoms with Crippen molar-refractivity contribution in [1.82, 2.24) is 20.6 Å². The quantitative estimate of drug-likeness (QED) is 0.234. The molecule has 0 aliphatic heterocycles. The number of amides is 2. The number of nitrogens with two attached hydrogens (primary N) is 1. The minimum Gasteiger partial charge on any atom is -0.361 e. The highest BCUT2D eigenvalue weighted by atomic mass is 16.2. The number of hydrogen-bond acceptors (Lipinski definition) is 3. The summed E-state index contributed by atoms with van der Waals surface area (Å²) >= 11 is 0. The van der Waals surface area contributed by atoms with Crippen LogP contribution in [0.3, 0.4) is 0 Å². The van der Waals surface area contributed by atoms with Crippen molar-refractivity contribution in [2.24, 2.45) is 5.73 Å². The highest BCUT2D eigenvalue weighted by Crippen LogP contribution is 2.20. The summed E-state index contributed by atoms with van der Waals surface area (Å²) in [6, 6.07) is 15.1. The molecule has 29 heavy (non-hydrogen) atoms. The Balaban J connectivity index is 1.44. The van der Waals surface area contributed by atoms with Crippen molar-refractivity contribution in [3.63, 3.8) is 0 Å². The lowest BCUT2D eigenvalue weighted by atomic mass is 10.0. The molecule has 0 aliphatic carbocycles. The molecule has 0 aliphatic rings. The van der Waals surface area contributed by atoms with E-state index >= 15 is 0 Å². The van der Waals surface area contributed by atoms with Crippen molar-refractivity contribution in [2.45, 2.75) is 25.0 Å². The first kappa shape index (κ1) is 18.8. The molecule has 7 heteroatoms. The van der Waals surface area contributed by atoms with E-state index in [4.69, 9.17) is 5.73 Å². The SMILES string of the molecule is N[C@H](Cc1c[nH]c2ccccc12)C(=O)N[C@H](Cc1c[nH]c2ccccc12)NC=O. The van der Waals surface area contributed by atoms with E-state index in [1.165, 1.54) is 0 Å². The van der Waals surface area contributed by atoms with Crippen LogP contribution in [0.1, 0.15) is 11.1 Å². The van der Waals surface area contributed by atoms with Crippen LogP contribution >= 0.6 is 0 Å². The summed E-state index contributed by atoms with van der Waals surface area (Å²) in [6.45, 7) is 0. The van der Waals surface area contributed by atoms with E-state index in [9.17, 15) is 9.59 Å². The first-order valence-electron chi connectivity index (χ1n) is 9.51. The molecule has 0 unspecified atom stereocenters. The van der Waals surface area contributed by atoms with E-state index in [-0.39, 0.29) is 5.91 Å². The third-order valence-electron chi connectivity index (χ3n) is 5.14. The number of aromatic amines is 2. The summed E-state index contributed by atoms with van der Waals surface area (Å²) in [4.78, 5) is 30.1. The topological polar surface area (TPSA) is 116 Å². The summed E-state index contributed by atoms with van der Waals surface area (Å²) in [5.41, 5.74) is 10.2. The van der Waals surface area contributed by atoms with Crippen LogP contribution in [-0.4, -0.2) is 34.5 Å². The number of hydrogen-bond donors (Lipinski definition) is 5. The number of aromatic nitrogens is 2. The number of nitrogens with one attached hydrogen (secondary N) is 4. The van der Waals surface area contributed by atoms with Gasteiger partial charge in [-0.25, -0.2) is 0 Å². The first-order chi connectivity index (χ1) is 14.2. The fourth-order valence-corrected chi connectivity index (χ4v) is 3.66. The summed E-state index contributed by atoms with van der Waals surface area (Å²) in [5, 5.41) is 7.63. The lowest BCUT2D eigenvalue weighted by Crippen LogP contribution is -2.52. The third kappa shape index (κ3) is 4.00. The van der Waals surface area contributed by atoms with Gasteiger partial charge in [-0.15, -0.1) is 0 Å². The molecular weight excluding hydrogens is 366 g/mol. The molecule has 4 aromatic rings. The second-order valence-corrected chi connectivity index (χ2v) is 7.08. The van der Waals surface area contributed by atoms with E-state index in [2.05, 4.69) is 20.6 Å². The Kier molecular flexibility index (Phi) is 5.31. The number of para-hydroxylation sites is 2. The highest BCUT2D eigenvalue weighted by Gasteiger charge is 2.20. The van der Waals surface area contributed by atoms with Crippen molar-refractivity contribution >= 4 is 34.1 Å². The van der Waals surface area contributed by atoms with Crippen LogP contribution in [0.2, 0.25) is 0 Å². The fourth-order valence-electron chi connectivity index (χ4n) is 3.66. The normalized spacial score (nSPS) is 13.3. The van der Waals surface area contributed by atoms with Gasteiger partial charge in [-0.1, -0.05) is 36.4 Å². The van der Waals surface area contributed by atoms with Crippen LogP contribution < -0.4 is 16.4 Å². The van der Waals surface area contributed by atoms with Crippen molar-refractivity contribution in [3.05, 3.63) is 72.1 Å². The molecular formula is C22H23N5O2. The molecule has 4 rings (SSSR count). The standard InChI is InChI=1S/C22H23N5O2/c23-18(9-14-11-24-19-7-3-1-5-16(14)19)22(29)27-21(26-13-28)10-15-12-25-20-8-4-2-6-17(15)20/h1-8,11-13,18,21,24-25H,9-10,23H2,(H,26,28)(H,27,29)/t18-,21-/m1/s1. The third-order valence-corrected chi connectivity index (χ3v) is 5.14. The van der Waals surface area contributed by atoms with E-state index in [1.807, 2.05) is 60.9 Å². The molecule has 2 atom stereocenters. The molecule has 0 spiro atoms. The van der Waals surface area contributed by atoms with Crippen LogP contribution in [0.5, 0.6) is 0 Å². The molecule has 7 nitrogen and oxygen atoms in total. The van der Waals surface area contributed by atoms with Crippen LogP contribution in [0, 0.1) is 0 Å². The molecule has 148 valence electrons. The predicted octanol–water partition coefficient (Wildman–Crippen LogP) is 1.95. The predicted molar refractivity (Wildman–Crippen MR) is 113 cm³/mol. The van der Waals surface area contributed by atoms with Gasteiger partial charge in [0.15, 0.2) is 0 Å². The van der Waals surface area contributed by atoms with Gasteiger partial charge in [-0.2, -0.15) is 0 Å². The van der Waals surface area contributed by atoms with Crippen LogP contribution in [0.4, 0.5) is 0 Å². The molecule has 0 bridgehead atoms.